The van der Waals surface area contributed by atoms with Crippen molar-refractivity contribution < 1.29 is 223 Å². The second kappa shape index (κ2) is 258. The Hall–Kier alpha value is 4.81. The predicted octanol–water partition coefficient (Wildman–Crippen LogP) is -7.19. The molecule has 0 unspecified atom stereocenters. The molecule has 0 saturated carbocycles. The first-order valence-corrected chi connectivity index (χ1v) is 0. The molecular weight excluding hydrogens is 487 g/mol. The number of rotatable bonds is 0. The van der Waals surface area contributed by atoms with E-state index in [4.69, 9.17) is 0 Å². The normalized spacial score (nSPS) is 0. The van der Waals surface area contributed by atoms with E-state index >= 15 is 0 Å². The fraction of sp³-hybridized carbons (Fsp3) is 0. The molecule has 0 spiro atoms. The Morgan fingerprint density at radius 1 is 0.200 bits per heavy atom. The van der Waals surface area contributed by atoms with Crippen molar-refractivity contribution in [3.8, 4) is 0 Å². The molecule has 0 N–H and O–H groups in total. The molecule has 0 rings (SSSR count). The first-order valence-electron chi connectivity index (χ1n) is 0. The summed E-state index contributed by atoms with van der Waals surface area (Å²) in [5.41, 5.74) is 0. The van der Waals surface area contributed by atoms with Gasteiger partial charge in [0.15, 0.2) is 0 Å². The molecule has 0 amide bonds. The van der Waals surface area contributed by atoms with E-state index in [1.165, 1.54) is 0 Å². The maximum Gasteiger partial charge on any atom is 6.00 e. The molecular formula is Cr3O10Rb2. The van der Waals surface area contributed by atoms with Crippen LogP contribution in [0.15, 0.2) is 0 Å². The summed E-state index contributed by atoms with van der Waals surface area (Å²) in [6, 6.07) is 0. The Kier molecular flexibility index (Phi) is 5210. The van der Waals surface area contributed by atoms with Gasteiger partial charge >= 0.3 is 168 Å². The molecule has 0 aliphatic carbocycles. The van der Waals surface area contributed by atoms with E-state index in [9.17, 15) is 0 Å². The van der Waals surface area contributed by atoms with Gasteiger partial charge in [0.05, 0.1) is 0 Å². The van der Waals surface area contributed by atoms with Crippen molar-refractivity contribution in [3.63, 3.8) is 0 Å². The topological polar surface area (TPSA) is 285 Å². The van der Waals surface area contributed by atoms with Gasteiger partial charge in [0.25, 0.3) is 0 Å². The van der Waals surface area contributed by atoms with Crippen LogP contribution in [-0.4, -0.2) is 0 Å². The fourth-order valence-electron chi connectivity index (χ4n) is 0. The van der Waals surface area contributed by atoms with Gasteiger partial charge in [-0.2, -0.15) is 0 Å². The summed E-state index contributed by atoms with van der Waals surface area (Å²) in [6.07, 6.45) is 0. The van der Waals surface area contributed by atoms with Gasteiger partial charge < -0.3 is 54.8 Å². The van der Waals surface area contributed by atoms with Crippen LogP contribution < -0.4 is 116 Å². The van der Waals surface area contributed by atoms with Gasteiger partial charge in [-0.1, -0.05) is 0 Å². The largest absolute Gasteiger partial charge is 6.00 e. The molecule has 0 saturated heterocycles. The second-order valence-corrected chi connectivity index (χ2v) is 0. The maximum atomic E-state index is 0. The molecule has 10 nitrogen and oxygen atoms in total. The molecule has 0 fully saturated rings. The van der Waals surface area contributed by atoms with Crippen LogP contribution in [0.3, 0.4) is 0 Å². The van der Waals surface area contributed by atoms with Crippen LogP contribution in [0.25, 0.3) is 0 Å². The third-order valence-corrected chi connectivity index (χ3v) is 0. The third kappa shape index (κ3) is 230. The van der Waals surface area contributed by atoms with E-state index in [1.54, 1.807) is 0 Å². The van der Waals surface area contributed by atoms with Gasteiger partial charge in [-0.05, 0) is 0 Å². The van der Waals surface area contributed by atoms with Gasteiger partial charge in [-0.15, -0.1) is 0 Å². The Bertz CT molecular complexity index is 18.6. The fourth-order valence-corrected chi connectivity index (χ4v) is 0. The first-order chi connectivity index (χ1) is 0. The van der Waals surface area contributed by atoms with Crippen molar-refractivity contribution >= 4 is 0 Å². The summed E-state index contributed by atoms with van der Waals surface area (Å²) in [5, 5.41) is 0. The van der Waals surface area contributed by atoms with Gasteiger partial charge in [-0.25, -0.2) is 0 Å². The summed E-state index contributed by atoms with van der Waals surface area (Å²) in [7, 11) is 0. The van der Waals surface area contributed by atoms with E-state index in [1.807, 2.05) is 0 Å². The smallest absolute Gasteiger partial charge is 2.00 e. The van der Waals surface area contributed by atoms with E-state index in [-0.39, 0.29) is 223 Å². The molecule has 0 aliphatic rings. The predicted molar refractivity (Wildman–Crippen MR) is 6.86 cm³/mol. The van der Waals surface area contributed by atoms with Crippen molar-refractivity contribution in [2.75, 3.05) is 0 Å². The van der Waals surface area contributed by atoms with E-state index < -0.39 is 0 Å². The quantitative estimate of drug-likeness (QED) is 0.308. The molecule has 0 atom stereocenters. The molecule has 15 heavy (non-hydrogen) atoms. The maximum absolute atomic E-state index is 0. The Balaban J connectivity index is 0. The first kappa shape index (κ1) is 303. The number of hydrogen-bond acceptors (Lipinski definition) is 0. The minimum absolute atomic E-state index is 0. The van der Waals surface area contributed by atoms with Gasteiger partial charge in [-0.3, -0.25) is 0 Å². The van der Waals surface area contributed by atoms with Crippen molar-refractivity contribution in [1.82, 2.24) is 0 Å². The van der Waals surface area contributed by atoms with Crippen LogP contribution in [0, 0.1) is 0 Å². The summed E-state index contributed by atoms with van der Waals surface area (Å²) >= 11 is 0. The van der Waals surface area contributed by atoms with E-state index in [2.05, 4.69) is 0 Å². The van der Waals surface area contributed by atoms with Gasteiger partial charge in [0.1, 0.15) is 0 Å². The van der Waals surface area contributed by atoms with Crippen molar-refractivity contribution in [1.29, 1.82) is 0 Å². The zero-order valence-electron chi connectivity index (χ0n) is 7.31. The van der Waals surface area contributed by atoms with Crippen molar-refractivity contribution in [2.24, 2.45) is 0 Å². The molecule has 0 heterocycles. The van der Waals surface area contributed by atoms with Crippen molar-refractivity contribution in [3.05, 3.63) is 0 Å². The average Bonchev–Trinajstić information content (AvgIpc) is 0. The zero-order valence-corrected chi connectivity index (χ0v) is 21.0. The van der Waals surface area contributed by atoms with E-state index in [0.717, 1.165) is 0 Å². The monoisotopic (exact) mass is 486 g/mol. The molecule has 0 aromatic rings. The van der Waals surface area contributed by atoms with Crippen LogP contribution >= 0.6 is 0 Å². The van der Waals surface area contributed by atoms with Crippen LogP contribution in [0.5, 0.6) is 0 Å². The van der Waals surface area contributed by atoms with Crippen LogP contribution in [0.4, 0.5) is 0 Å². The summed E-state index contributed by atoms with van der Waals surface area (Å²) in [6.45, 7) is 0. The molecule has 0 aromatic carbocycles. The van der Waals surface area contributed by atoms with Crippen LogP contribution in [0.1, 0.15) is 0 Å². The molecule has 0 radical (unpaired) electrons. The van der Waals surface area contributed by atoms with Crippen LogP contribution in [0.2, 0.25) is 0 Å². The number of hydrogen-bond donors (Lipinski definition) is 0. The van der Waals surface area contributed by atoms with Crippen LogP contribution in [-0.2, 0) is 107 Å². The molecule has 80 valence electrons. The Morgan fingerprint density at radius 2 is 0.200 bits per heavy atom. The summed E-state index contributed by atoms with van der Waals surface area (Å²) in [5.74, 6) is 0. The summed E-state index contributed by atoms with van der Waals surface area (Å²) < 4.78 is 0. The SMILES string of the molecule is [Cr+6].[Cr+6].[Cr+6].[O-2].[O-2].[O-2].[O-2].[O-2].[O-2].[O-2].[O-2].[O-2].[O-2].[Rb+].[Rb+]. The minimum atomic E-state index is 0. The standard InChI is InChI=1S/3Cr.10O.2Rb/q3*+6;10*-2;2*+1. The minimum Gasteiger partial charge on any atom is -2.00 e. The molecule has 15 heteroatoms. The third-order valence-electron chi connectivity index (χ3n) is 0. The molecule has 0 bridgehead atoms. The van der Waals surface area contributed by atoms with Crippen molar-refractivity contribution in [2.45, 2.75) is 0 Å². The Morgan fingerprint density at radius 3 is 0.200 bits per heavy atom. The second-order valence-electron chi connectivity index (χ2n) is 0. The average molecular weight is 487 g/mol. The van der Waals surface area contributed by atoms with Gasteiger partial charge in [0.2, 0.25) is 0 Å². The Labute approximate surface area is 217 Å². The summed E-state index contributed by atoms with van der Waals surface area (Å²) in [4.78, 5) is 0. The molecule has 0 aliphatic heterocycles. The van der Waals surface area contributed by atoms with E-state index in [0.29, 0.717) is 0 Å². The van der Waals surface area contributed by atoms with Gasteiger partial charge in [0, 0.05) is 0 Å². The zero-order chi connectivity index (χ0) is 0. The molecule has 0 aromatic heterocycles.